The molecule has 0 radical (unpaired) electrons. The number of carbonyl (C=O) groups is 2. The third-order valence-corrected chi connectivity index (χ3v) is 3.55. The van der Waals surface area contributed by atoms with Crippen molar-refractivity contribution in [3.8, 4) is 0 Å². The highest BCUT2D eigenvalue weighted by atomic mass is 35.5. The van der Waals surface area contributed by atoms with Gasteiger partial charge in [-0.15, -0.1) is 0 Å². The minimum Gasteiger partial charge on any atom is -0.378 e. The van der Waals surface area contributed by atoms with Crippen LogP contribution in [-0.4, -0.2) is 32.1 Å². The number of carbonyl (C=O) groups excluding carboxylic acids is 2. The fourth-order valence-corrected chi connectivity index (χ4v) is 2.41. The molecule has 2 amide bonds. The zero-order chi connectivity index (χ0) is 18.4. The summed E-state index contributed by atoms with van der Waals surface area (Å²) in [7, 11) is 3.88. The molecule has 2 aromatic carbocycles. The Labute approximate surface area is 155 Å². The molecule has 0 heterocycles. The van der Waals surface area contributed by atoms with Crippen LogP contribution in [0.15, 0.2) is 47.6 Å². The van der Waals surface area contributed by atoms with E-state index in [4.69, 9.17) is 23.2 Å². The van der Waals surface area contributed by atoms with Gasteiger partial charge in [-0.2, -0.15) is 5.10 Å². The standard InChI is InChI=1S/C17H16Cl2N4O2/c1-23(2)15-5-3-11(4-6-15)10-20-22-17(25)16(24)21-14-8-12(18)7-13(19)9-14/h3-10H,1-2H3,(H,21,24)(H,22,25)/b20-10-. The van der Waals surface area contributed by atoms with Crippen LogP contribution in [0.25, 0.3) is 0 Å². The summed E-state index contributed by atoms with van der Waals surface area (Å²) in [6.07, 6.45) is 1.45. The second kappa shape index (κ2) is 8.50. The van der Waals surface area contributed by atoms with Crippen molar-refractivity contribution in [2.45, 2.75) is 0 Å². The number of rotatable bonds is 4. The van der Waals surface area contributed by atoms with Gasteiger partial charge in [-0.3, -0.25) is 9.59 Å². The fourth-order valence-electron chi connectivity index (χ4n) is 1.89. The lowest BCUT2D eigenvalue weighted by atomic mass is 10.2. The van der Waals surface area contributed by atoms with Gasteiger partial charge in [0.2, 0.25) is 0 Å². The summed E-state index contributed by atoms with van der Waals surface area (Å²) < 4.78 is 0. The number of nitrogens with zero attached hydrogens (tertiary/aromatic N) is 2. The Morgan fingerprint density at radius 1 is 1.00 bits per heavy atom. The molecule has 130 valence electrons. The van der Waals surface area contributed by atoms with Crippen LogP contribution in [0.3, 0.4) is 0 Å². The summed E-state index contributed by atoms with van der Waals surface area (Å²) in [5.41, 5.74) is 4.31. The summed E-state index contributed by atoms with van der Waals surface area (Å²) in [5, 5.41) is 6.85. The van der Waals surface area contributed by atoms with Crippen molar-refractivity contribution in [2.24, 2.45) is 5.10 Å². The third-order valence-electron chi connectivity index (χ3n) is 3.12. The summed E-state index contributed by atoms with van der Waals surface area (Å²) in [6, 6.07) is 12.0. The van der Waals surface area contributed by atoms with Gasteiger partial charge < -0.3 is 10.2 Å². The molecule has 2 N–H and O–H groups in total. The molecule has 2 aromatic rings. The lowest BCUT2D eigenvalue weighted by molar-refractivity contribution is -0.136. The Morgan fingerprint density at radius 2 is 1.60 bits per heavy atom. The van der Waals surface area contributed by atoms with Crippen LogP contribution >= 0.6 is 23.2 Å². The lowest BCUT2D eigenvalue weighted by Crippen LogP contribution is -2.32. The predicted molar refractivity (Wildman–Crippen MR) is 102 cm³/mol. The monoisotopic (exact) mass is 378 g/mol. The molecular weight excluding hydrogens is 363 g/mol. The maximum atomic E-state index is 11.8. The number of hydrazone groups is 1. The maximum absolute atomic E-state index is 11.8. The van der Waals surface area contributed by atoms with Crippen molar-refractivity contribution < 1.29 is 9.59 Å². The van der Waals surface area contributed by atoms with E-state index in [2.05, 4.69) is 15.8 Å². The van der Waals surface area contributed by atoms with Crippen LogP contribution in [0.1, 0.15) is 5.56 Å². The van der Waals surface area contributed by atoms with Crippen LogP contribution in [0.5, 0.6) is 0 Å². The Bertz CT molecular complexity index is 785. The number of benzene rings is 2. The molecule has 0 saturated carbocycles. The predicted octanol–water partition coefficient (Wildman–Crippen LogP) is 3.15. The molecule has 0 fully saturated rings. The average molecular weight is 379 g/mol. The zero-order valence-corrected chi connectivity index (χ0v) is 15.1. The smallest absolute Gasteiger partial charge is 0.329 e. The summed E-state index contributed by atoms with van der Waals surface area (Å²) >= 11 is 11.7. The molecule has 0 aliphatic rings. The Balaban J connectivity index is 1.91. The number of amides is 2. The first-order chi connectivity index (χ1) is 11.8. The number of anilines is 2. The fraction of sp³-hybridized carbons (Fsp3) is 0.118. The molecule has 0 spiro atoms. The quantitative estimate of drug-likeness (QED) is 0.487. The first-order valence-corrected chi connectivity index (χ1v) is 7.98. The van der Waals surface area contributed by atoms with E-state index >= 15 is 0 Å². The van der Waals surface area contributed by atoms with Gasteiger partial charge in [0.1, 0.15) is 0 Å². The van der Waals surface area contributed by atoms with E-state index < -0.39 is 11.8 Å². The van der Waals surface area contributed by atoms with Gasteiger partial charge in [0, 0.05) is 35.5 Å². The van der Waals surface area contributed by atoms with Gasteiger partial charge in [0.25, 0.3) is 0 Å². The summed E-state index contributed by atoms with van der Waals surface area (Å²) in [6.45, 7) is 0. The van der Waals surface area contributed by atoms with Gasteiger partial charge >= 0.3 is 11.8 Å². The molecular formula is C17H16Cl2N4O2. The van der Waals surface area contributed by atoms with Crippen LogP contribution < -0.4 is 15.6 Å². The van der Waals surface area contributed by atoms with Crippen molar-refractivity contribution in [3.05, 3.63) is 58.1 Å². The van der Waals surface area contributed by atoms with Crippen LogP contribution in [0.4, 0.5) is 11.4 Å². The first kappa shape index (κ1) is 18.8. The van der Waals surface area contributed by atoms with Crippen LogP contribution in [-0.2, 0) is 9.59 Å². The van der Waals surface area contributed by atoms with Crippen molar-refractivity contribution in [2.75, 3.05) is 24.3 Å². The SMILES string of the molecule is CN(C)c1ccc(/C=N\NC(=O)C(=O)Nc2cc(Cl)cc(Cl)c2)cc1. The average Bonchev–Trinajstić information content (AvgIpc) is 2.54. The highest BCUT2D eigenvalue weighted by Gasteiger charge is 2.13. The molecule has 0 bridgehead atoms. The lowest BCUT2D eigenvalue weighted by Gasteiger charge is -2.11. The molecule has 8 heteroatoms. The molecule has 0 atom stereocenters. The van der Waals surface area contributed by atoms with Gasteiger partial charge in [-0.25, -0.2) is 5.43 Å². The number of hydrogen-bond acceptors (Lipinski definition) is 4. The topological polar surface area (TPSA) is 73.8 Å². The molecule has 2 rings (SSSR count). The molecule has 0 aliphatic heterocycles. The van der Waals surface area contributed by atoms with E-state index in [-0.39, 0.29) is 0 Å². The molecule has 0 aliphatic carbocycles. The Kier molecular flexibility index (Phi) is 6.38. The molecule has 0 unspecified atom stereocenters. The molecule has 0 aromatic heterocycles. The van der Waals surface area contributed by atoms with Gasteiger partial charge in [0.05, 0.1) is 6.21 Å². The van der Waals surface area contributed by atoms with E-state index in [9.17, 15) is 9.59 Å². The van der Waals surface area contributed by atoms with Crippen LogP contribution in [0, 0.1) is 0 Å². The minimum absolute atomic E-state index is 0.320. The van der Waals surface area contributed by atoms with E-state index in [1.807, 2.05) is 43.3 Å². The largest absolute Gasteiger partial charge is 0.378 e. The van der Waals surface area contributed by atoms with E-state index in [0.29, 0.717) is 15.7 Å². The second-order valence-electron chi connectivity index (χ2n) is 5.30. The van der Waals surface area contributed by atoms with E-state index in [0.717, 1.165) is 11.3 Å². The maximum Gasteiger partial charge on any atom is 0.329 e. The van der Waals surface area contributed by atoms with Crippen molar-refractivity contribution in [1.29, 1.82) is 0 Å². The summed E-state index contributed by atoms with van der Waals surface area (Å²) in [4.78, 5) is 25.5. The zero-order valence-electron chi connectivity index (χ0n) is 13.6. The molecule has 6 nitrogen and oxygen atoms in total. The van der Waals surface area contributed by atoms with Gasteiger partial charge in [0.15, 0.2) is 0 Å². The van der Waals surface area contributed by atoms with Crippen LogP contribution in [0.2, 0.25) is 10.0 Å². The van der Waals surface area contributed by atoms with E-state index in [1.54, 1.807) is 0 Å². The van der Waals surface area contributed by atoms with Gasteiger partial charge in [-0.05, 0) is 35.9 Å². The molecule has 25 heavy (non-hydrogen) atoms. The first-order valence-electron chi connectivity index (χ1n) is 7.23. The Hall–Kier alpha value is -2.57. The van der Waals surface area contributed by atoms with Crippen molar-refractivity contribution >= 4 is 52.6 Å². The minimum atomic E-state index is -0.905. The van der Waals surface area contributed by atoms with Crippen molar-refractivity contribution in [3.63, 3.8) is 0 Å². The number of hydrogen-bond donors (Lipinski definition) is 2. The highest BCUT2D eigenvalue weighted by molar-refractivity contribution is 6.40. The number of halogens is 2. The number of nitrogens with one attached hydrogen (secondary N) is 2. The van der Waals surface area contributed by atoms with Crippen molar-refractivity contribution in [1.82, 2.24) is 5.43 Å². The van der Waals surface area contributed by atoms with Gasteiger partial charge in [-0.1, -0.05) is 35.3 Å². The normalized spacial score (nSPS) is 10.6. The third kappa shape index (κ3) is 5.77. The summed E-state index contributed by atoms with van der Waals surface area (Å²) in [5.74, 6) is -1.78. The van der Waals surface area contributed by atoms with E-state index in [1.165, 1.54) is 24.4 Å². The Morgan fingerprint density at radius 3 is 2.16 bits per heavy atom. The highest BCUT2D eigenvalue weighted by Crippen LogP contribution is 2.22. The second-order valence-corrected chi connectivity index (χ2v) is 6.17. The molecule has 0 saturated heterocycles.